The molecule has 0 aliphatic rings. The van der Waals surface area contributed by atoms with Crippen molar-refractivity contribution in [3.63, 3.8) is 0 Å². The van der Waals surface area contributed by atoms with Crippen LogP contribution in [0.4, 0.5) is 0 Å². The first-order valence-electron chi connectivity index (χ1n) is 40.7. The maximum absolute atomic E-state index is 6.08. The fourth-order valence-corrected chi connectivity index (χ4v) is 21.7. The molecule has 25 aromatic rings. The van der Waals surface area contributed by atoms with Gasteiger partial charge in [0.05, 0.1) is 33.1 Å². The third kappa shape index (κ3) is 13.2. The van der Waals surface area contributed by atoms with E-state index in [1.165, 1.54) is 127 Å². The minimum absolute atomic E-state index is 0.504. The number of thiophene rings is 3. The van der Waals surface area contributed by atoms with Crippen molar-refractivity contribution in [2.75, 3.05) is 0 Å². The van der Waals surface area contributed by atoms with Gasteiger partial charge in [0.1, 0.15) is 10.0 Å². The monoisotopic (exact) mass is 1650 g/mol. The molecule has 0 radical (unpaired) electrons. The predicted molar refractivity (Wildman–Crippen MR) is 514 cm³/mol. The molecular formula is C108H68N10OS4. The number of nitrogens with zero attached hydrogens (tertiary/aromatic N) is 10. The summed E-state index contributed by atoms with van der Waals surface area (Å²) in [4.78, 5) is 3.86. The SMILES string of the molecule is c1ccc(-c2cc3ccc4c(c5ccccc5n4-c4cccc(-c5nnc(-c6ccccc6)n5-c5ccccc5)c4)c3s2)cc1.c1ccc(-c2cc3ccc4c(c5ccccc5n4-c4cccc(-c5nnc(-c6ccccc6)s5)c4)c3s2)cc1.c1ccc(-c2nnc(-c3cccc(-n4c5ccccc5c5c6sc(-c7ccccc7)cc6ccc54)c3)o2)cc1. The van der Waals surface area contributed by atoms with E-state index in [0.717, 1.165) is 77.8 Å². The lowest BCUT2D eigenvalue weighted by Gasteiger charge is -2.13. The van der Waals surface area contributed by atoms with Crippen LogP contribution >= 0.6 is 45.3 Å². The van der Waals surface area contributed by atoms with Crippen molar-refractivity contribution in [2.45, 2.75) is 0 Å². The Bertz CT molecular complexity index is 7940. The van der Waals surface area contributed by atoms with Gasteiger partial charge in [0.2, 0.25) is 11.8 Å². The van der Waals surface area contributed by atoms with Gasteiger partial charge in [-0.05, 0) is 154 Å². The van der Waals surface area contributed by atoms with E-state index in [1.807, 2.05) is 113 Å². The normalized spacial score (nSPS) is 11.6. The van der Waals surface area contributed by atoms with Gasteiger partial charge in [-0.3, -0.25) is 4.57 Å². The first-order chi connectivity index (χ1) is 61.0. The topological polar surface area (TPSA) is 110 Å². The fraction of sp³-hybridized carbons (Fsp3) is 0. The van der Waals surface area contributed by atoms with E-state index in [0.29, 0.717) is 11.8 Å². The molecule has 15 heteroatoms. The predicted octanol–water partition coefficient (Wildman–Crippen LogP) is 29.8. The molecule has 11 nitrogen and oxygen atoms in total. The molecule has 0 atom stereocenters. The molecule has 16 aromatic carbocycles. The molecule has 0 spiro atoms. The molecule has 0 saturated heterocycles. The quantitative estimate of drug-likeness (QED) is 0.113. The van der Waals surface area contributed by atoms with Crippen molar-refractivity contribution < 1.29 is 4.42 Å². The van der Waals surface area contributed by atoms with Crippen LogP contribution in [0.2, 0.25) is 0 Å². The van der Waals surface area contributed by atoms with Gasteiger partial charge in [-0.2, -0.15) is 0 Å². The highest BCUT2D eigenvalue weighted by atomic mass is 32.1. The van der Waals surface area contributed by atoms with Crippen molar-refractivity contribution in [3.05, 3.63) is 413 Å². The first kappa shape index (κ1) is 72.8. The number of hydrogen-bond acceptors (Lipinski definition) is 11. The maximum Gasteiger partial charge on any atom is 0.248 e. The van der Waals surface area contributed by atoms with Gasteiger partial charge in [-0.15, -0.1) is 64.6 Å². The fourth-order valence-electron chi connectivity index (χ4n) is 17.2. The molecule has 0 unspecified atom stereocenters. The van der Waals surface area contributed by atoms with E-state index in [1.54, 1.807) is 11.3 Å². The summed E-state index contributed by atoms with van der Waals surface area (Å²) in [5.74, 6) is 2.64. The highest BCUT2D eigenvalue weighted by Gasteiger charge is 2.25. The van der Waals surface area contributed by atoms with Gasteiger partial charge in [-0.1, -0.05) is 303 Å². The zero-order valence-corrected chi connectivity index (χ0v) is 69.0. The van der Waals surface area contributed by atoms with E-state index < -0.39 is 0 Å². The van der Waals surface area contributed by atoms with Crippen LogP contribution in [0.1, 0.15) is 0 Å². The number of rotatable bonds is 13. The van der Waals surface area contributed by atoms with Crippen molar-refractivity contribution in [3.8, 4) is 121 Å². The summed E-state index contributed by atoms with van der Waals surface area (Å²) in [5, 5.41) is 40.5. The standard InChI is InChI=1S/C40H26N4S.C34H21N3OS.C34H21N3S2/c1-4-13-27(14-5-1)36-26-29-23-24-35-37(38(29)45-36)33-21-10-11-22-34(33)43(35)32-20-12-17-30(25-32)40-42-41-39(28-15-6-2-7-16-28)44(40)31-18-8-3-9-19-31;1-3-10-22(11-4-1)30-21-24-18-19-29-31(32(24)39-30)27-16-7-8-17-28(27)37(29)26-15-9-14-25(20-26)34-36-35-33(38-34)23-12-5-2-6-13-23;1-3-10-22(11-4-1)30-21-24-18-19-29-31(32(24)38-30)27-16-7-8-17-28(27)37(29)26-15-9-14-25(20-26)34-36-35-33(39-34)23-12-5-2-6-13-23/h1-26H;2*1-21H. The van der Waals surface area contributed by atoms with Gasteiger partial charge in [-0.25, -0.2) is 0 Å². The Morgan fingerprint density at radius 3 is 0.935 bits per heavy atom. The van der Waals surface area contributed by atoms with E-state index in [9.17, 15) is 0 Å². The Morgan fingerprint density at radius 1 is 0.195 bits per heavy atom. The molecule has 0 fully saturated rings. The smallest absolute Gasteiger partial charge is 0.248 e. The van der Waals surface area contributed by atoms with Crippen LogP contribution in [-0.4, -0.2) is 48.9 Å². The van der Waals surface area contributed by atoms with Crippen LogP contribution in [0, 0.1) is 0 Å². The summed E-state index contributed by atoms with van der Waals surface area (Å²) in [5.41, 5.74) is 21.2. The molecule has 123 heavy (non-hydrogen) atoms. The van der Waals surface area contributed by atoms with Crippen LogP contribution in [0.3, 0.4) is 0 Å². The molecule has 0 aliphatic carbocycles. The lowest BCUT2D eigenvalue weighted by Crippen LogP contribution is -2.01. The largest absolute Gasteiger partial charge is 0.416 e. The second-order valence-corrected chi connectivity index (χ2v) is 34.3. The Labute approximate surface area is 722 Å². The van der Waals surface area contributed by atoms with Gasteiger partial charge >= 0.3 is 0 Å². The second kappa shape index (κ2) is 31.1. The molecule has 25 rings (SSSR count). The third-order valence-electron chi connectivity index (χ3n) is 22.8. The molecular weight excluding hydrogens is 1580 g/mol. The van der Waals surface area contributed by atoms with Crippen LogP contribution in [0.25, 0.3) is 217 Å². The average molecular weight is 1650 g/mol. The molecule has 0 amide bonds. The molecule has 0 bridgehead atoms. The lowest BCUT2D eigenvalue weighted by molar-refractivity contribution is 0.584. The van der Waals surface area contributed by atoms with Crippen molar-refractivity contribution in [1.82, 2.24) is 48.9 Å². The highest BCUT2D eigenvalue weighted by molar-refractivity contribution is 7.24. The van der Waals surface area contributed by atoms with Crippen LogP contribution in [0.5, 0.6) is 0 Å². The van der Waals surface area contributed by atoms with Crippen molar-refractivity contribution >= 4 is 141 Å². The van der Waals surface area contributed by atoms with Crippen LogP contribution in [0.15, 0.2) is 417 Å². The Hall–Kier alpha value is -15.4. The zero-order chi connectivity index (χ0) is 81.3. The molecule has 9 heterocycles. The van der Waals surface area contributed by atoms with Gasteiger partial charge in [0.15, 0.2) is 11.6 Å². The Kier molecular flexibility index (Phi) is 18.4. The van der Waals surface area contributed by atoms with Crippen LogP contribution in [-0.2, 0) is 0 Å². The Balaban J connectivity index is 0.000000107. The minimum atomic E-state index is 0.504. The van der Waals surface area contributed by atoms with E-state index in [4.69, 9.17) is 14.6 Å². The number of aromatic nitrogens is 10. The third-order valence-corrected chi connectivity index (χ3v) is 27.5. The van der Waals surface area contributed by atoms with E-state index >= 15 is 0 Å². The summed E-state index contributed by atoms with van der Waals surface area (Å²) < 4.78 is 19.3. The molecule has 580 valence electrons. The van der Waals surface area contributed by atoms with E-state index in [2.05, 4.69) is 372 Å². The number of fused-ring (bicyclic) bond motifs is 15. The average Bonchev–Trinajstić information content (AvgIpc) is 1.58. The Morgan fingerprint density at radius 2 is 0.504 bits per heavy atom. The molecule has 9 aromatic heterocycles. The molecule has 0 N–H and O–H groups in total. The van der Waals surface area contributed by atoms with Crippen LogP contribution < -0.4 is 0 Å². The summed E-state index contributed by atoms with van der Waals surface area (Å²) in [6.07, 6.45) is 0. The molecule has 0 saturated carbocycles. The van der Waals surface area contributed by atoms with Gasteiger partial charge < -0.3 is 18.1 Å². The summed E-state index contributed by atoms with van der Waals surface area (Å²) in [6, 6.07) is 145. The minimum Gasteiger partial charge on any atom is -0.416 e. The maximum atomic E-state index is 6.08. The molecule has 0 aliphatic heterocycles. The zero-order valence-electron chi connectivity index (χ0n) is 65.8. The summed E-state index contributed by atoms with van der Waals surface area (Å²) >= 11 is 7.22. The number of para-hydroxylation sites is 4. The number of hydrogen-bond donors (Lipinski definition) is 0. The van der Waals surface area contributed by atoms with Crippen molar-refractivity contribution in [1.29, 1.82) is 0 Å². The highest BCUT2D eigenvalue weighted by Crippen LogP contribution is 2.48. The summed E-state index contributed by atoms with van der Waals surface area (Å²) in [6.45, 7) is 0. The summed E-state index contributed by atoms with van der Waals surface area (Å²) in [7, 11) is 0. The first-order valence-corrected chi connectivity index (χ1v) is 44.0. The lowest BCUT2D eigenvalue weighted by atomic mass is 10.1. The van der Waals surface area contributed by atoms with Gasteiger partial charge in [0, 0.05) is 117 Å². The number of benzene rings is 16. The van der Waals surface area contributed by atoms with E-state index in [-0.39, 0.29) is 0 Å². The second-order valence-electron chi connectivity index (χ2n) is 30.2. The van der Waals surface area contributed by atoms with Crippen molar-refractivity contribution in [2.24, 2.45) is 0 Å². The van der Waals surface area contributed by atoms with Gasteiger partial charge in [0.25, 0.3) is 0 Å².